The molecule has 0 aromatic heterocycles. The van der Waals surface area contributed by atoms with E-state index in [0.717, 1.165) is 18.5 Å². The van der Waals surface area contributed by atoms with E-state index in [1.165, 1.54) is 12.1 Å². The van der Waals surface area contributed by atoms with E-state index in [-0.39, 0.29) is 5.82 Å². The van der Waals surface area contributed by atoms with Gasteiger partial charge in [-0.25, -0.2) is 4.39 Å². The summed E-state index contributed by atoms with van der Waals surface area (Å²) in [5.41, 5.74) is 0.871. The van der Waals surface area contributed by atoms with Crippen LogP contribution in [-0.4, -0.2) is 19.4 Å². The molecule has 0 bridgehead atoms. The molecule has 0 heterocycles. The van der Waals surface area contributed by atoms with Crippen LogP contribution in [0.5, 0.6) is 0 Å². The average Bonchev–Trinajstić information content (AvgIpc) is 2.16. The molecule has 1 aromatic carbocycles. The molecule has 1 aromatic rings. The Labute approximate surface area is 77.0 Å². The molecule has 0 aliphatic rings. The van der Waals surface area contributed by atoms with Crippen molar-refractivity contribution >= 4 is 12.0 Å². The smallest absolute Gasteiger partial charge is 0.139 e. The van der Waals surface area contributed by atoms with Crippen molar-refractivity contribution in [1.82, 2.24) is 0 Å². The van der Waals surface area contributed by atoms with Gasteiger partial charge in [0.2, 0.25) is 0 Å². The first-order valence-electron chi connectivity index (χ1n) is 4.22. The van der Waals surface area contributed by atoms with Crippen LogP contribution < -0.4 is 4.90 Å². The Balaban J connectivity index is 2.78. The summed E-state index contributed by atoms with van der Waals surface area (Å²) in [6, 6.07) is 6.12. The van der Waals surface area contributed by atoms with Crippen molar-refractivity contribution in [2.75, 3.05) is 18.0 Å². The summed E-state index contributed by atoms with van der Waals surface area (Å²) in [5.74, 6) is -0.258. The second kappa shape index (κ2) is 4.60. The largest absolute Gasteiger partial charge is 0.365 e. The molecule has 0 aliphatic heterocycles. The number of carbonyl (C=O) groups excluding carboxylic acids is 1. The number of nitrogens with zero attached hydrogens (tertiary/aromatic N) is 1. The van der Waals surface area contributed by atoms with Crippen LogP contribution in [0, 0.1) is 5.82 Å². The van der Waals surface area contributed by atoms with E-state index in [2.05, 4.69) is 0 Å². The van der Waals surface area contributed by atoms with E-state index >= 15 is 0 Å². The third-order valence-corrected chi connectivity index (χ3v) is 1.87. The van der Waals surface area contributed by atoms with E-state index in [9.17, 15) is 9.18 Å². The second-order valence-corrected chi connectivity index (χ2v) is 2.68. The summed E-state index contributed by atoms with van der Waals surface area (Å²) in [5, 5.41) is 0. The molecular formula is C10H12FNO. The van der Waals surface area contributed by atoms with Gasteiger partial charge in [0.25, 0.3) is 0 Å². The number of anilines is 1. The third kappa shape index (κ3) is 2.54. The topological polar surface area (TPSA) is 20.3 Å². The van der Waals surface area contributed by atoms with E-state index < -0.39 is 0 Å². The highest BCUT2D eigenvalue weighted by atomic mass is 19.1. The normalized spacial score (nSPS) is 9.69. The lowest BCUT2D eigenvalue weighted by Crippen LogP contribution is -2.24. The van der Waals surface area contributed by atoms with Crippen LogP contribution in [0.15, 0.2) is 24.3 Å². The van der Waals surface area contributed by atoms with Crippen molar-refractivity contribution in [3.63, 3.8) is 0 Å². The Hall–Kier alpha value is -1.38. The molecule has 0 fully saturated rings. The fourth-order valence-corrected chi connectivity index (χ4v) is 1.16. The van der Waals surface area contributed by atoms with E-state index in [4.69, 9.17) is 0 Å². The predicted molar refractivity (Wildman–Crippen MR) is 50.4 cm³/mol. The van der Waals surface area contributed by atoms with Crippen LogP contribution >= 0.6 is 0 Å². The molecule has 0 saturated carbocycles. The summed E-state index contributed by atoms with van der Waals surface area (Å²) in [6.45, 7) is 3.04. The number of halogens is 1. The zero-order valence-electron chi connectivity index (χ0n) is 7.53. The molecule has 13 heavy (non-hydrogen) atoms. The quantitative estimate of drug-likeness (QED) is 0.661. The van der Waals surface area contributed by atoms with Crippen molar-refractivity contribution in [3.8, 4) is 0 Å². The lowest BCUT2D eigenvalue weighted by Gasteiger charge is -2.19. The Morgan fingerprint density at radius 2 is 2.00 bits per heavy atom. The van der Waals surface area contributed by atoms with Gasteiger partial charge < -0.3 is 9.69 Å². The minimum Gasteiger partial charge on any atom is -0.365 e. The Bertz CT molecular complexity index is 271. The average molecular weight is 181 g/mol. The van der Waals surface area contributed by atoms with Crippen LogP contribution in [0.25, 0.3) is 0 Å². The van der Waals surface area contributed by atoms with Gasteiger partial charge in [-0.2, -0.15) is 0 Å². The predicted octanol–water partition coefficient (Wildman–Crippen LogP) is 1.85. The van der Waals surface area contributed by atoms with Crippen LogP contribution in [-0.2, 0) is 4.79 Å². The molecule has 0 amide bonds. The molecular weight excluding hydrogens is 169 g/mol. The van der Waals surface area contributed by atoms with Gasteiger partial charge in [-0.1, -0.05) is 0 Å². The maximum Gasteiger partial charge on any atom is 0.139 e. The van der Waals surface area contributed by atoms with Gasteiger partial charge in [-0.05, 0) is 31.2 Å². The van der Waals surface area contributed by atoms with Crippen LogP contribution in [0.3, 0.4) is 0 Å². The fraction of sp³-hybridized carbons (Fsp3) is 0.300. The van der Waals surface area contributed by atoms with Crippen LogP contribution in [0.1, 0.15) is 6.92 Å². The molecule has 0 spiro atoms. The number of likely N-dealkylation sites (N-methyl/N-ethyl adjacent to an activating group) is 1. The summed E-state index contributed by atoms with van der Waals surface area (Å²) < 4.78 is 12.6. The number of aldehydes is 1. The van der Waals surface area contributed by atoms with E-state index in [0.29, 0.717) is 6.54 Å². The Morgan fingerprint density at radius 3 is 2.46 bits per heavy atom. The van der Waals surface area contributed by atoms with Gasteiger partial charge in [0.1, 0.15) is 12.1 Å². The maximum atomic E-state index is 12.6. The van der Waals surface area contributed by atoms with Gasteiger partial charge in [0.05, 0.1) is 6.54 Å². The van der Waals surface area contributed by atoms with Crippen molar-refractivity contribution in [3.05, 3.63) is 30.1 Å². The summed E-state index contributed by atoms with van der Waals surface area (Å²) >= 11 is 0. The van der Waals surface area contributed by atoms with Crippen molar-refractivity contribution in [2.24, 2.45) is 0 Å². The minimum absolute atomic E-state index is 0.258. The highest BCUT2D eigenvalue weighted by Gasteiger charge is 2.02. The molecule has 70 valence electrons. The molecule has 0 unspecified atom stereocenters. The number of benzene rings is 1. The number of hydrogen-bond donors (Lipinski definition) is 0. The molecule has 2 nitrogen and oxygen atoms in total. The van der Waals surface area contributed by atoms with Crippen LogP contribution in [0.2, 0.25) is 0 Å². The van der Waals surface area contributed by atoms with Crippen molar-refractivity contribution in [2.45, 2.75) is 6.92 Å². The molecule has 0 atom stereocenters. The van der Waals surface area contributed by atoms with Crippen molar-refractivity contribution < 1.29 is 9.18 Å². The summed E-state index contributed by atoms with van der Waals surface area (Å²) in [4.78, 5) is 12.2. The lowest BCUT2D eigenvalue weighted by atomic mass is 10.3. The number of carbonyl (C=O) groups is 1. The first-order valence-corrected chi connectivity index (χ1v) is 4.22. The molecule has 0 saturated heterocycles. The lowest BCUT2D eigenvalue weighted by molar-refractivity contribution is -0.106. The first kappa shape index (κ1) is 9.71. The van der Waals surface area contributed by atoms with Gasteiger partial charge in [-0.3, -0.25) is 0 Å². The first-order chi connectivity index (χ1) is 6.27. The summed E-state index contributed by atoms with van der Waals surface area (Å²) in [6.07, 6.45) is 0.840. The Morgan fingerprint density at radius 1 is 1.38 bits per heavy atom. The van der Waals surface area contributed by atoms with Gasteiger partial charge in [-0.15, -0.1) is 0 Å². The SMILES string of the molecule is CCN(CC=O)c1ccc(F)cc1. The second-order valence-electron chi connectivity index (χ2n) is 2.68. The maximum absolute atomic E-state index is 12.6. The zero-order valence-corrected chi connectivity index (χ0v) is 7.53. The Kier molecular flexibility index (Phi) is 3.43. The van der Waals surface area contributed by atoms with Crippen molar-refractivity contribution in [1.29, 1.82) is 0 Å². The standard InChI is InChI=1S/C10H12FNO/c1-2-12(7-8-13)10-5-3-9(11)4-6-10/h3-6,8H,2,7H2,1H3. The highest BCUT2D eigenvalue weighted by Crippen LogP contribution is 2.13. The third-order valence-electron chi connectivity index (χ3n) is 1.87. The van der Waals surface area contributed by atoms with E-state index in [1.54, 1.807) is 12.1 Å². The number of rotatable bonds is 4. The van der Waals surface area contributed by atoms with Gasteiger partial charge in [0.15, 0.2) is 0 Å². The fourth-order valence-electron chi connectivity index (χ4n) is 1.16. The monoisotopic (exact) mass is 181 g/mol. The van der Waals surface area contributed by atoms with Gasteiger partial charge >= 0.3 is 0 Å². The van der Waals surface area contributed by atoms with Crippen LogP contribution in [0.4, 0.5) is 10.1 Å². The molecule has 0 N–H and O–H groups in total. The molecule has 0 aliphatic carbocycles. The van der Waals surface area contributed by atoms with E-state index in [1.807, 2.05) is 11.8 Å². The highest BCUT2D eigenvalue weighted by molar-refractivity contribution is 5.61. The zero-order chi connectivity index (χ0) is 9.68. The number of hydrogen-bond acceptors (Lipinski definition) is 2. The molecule has 1 rings (SSSR count). The minimum atomic E-state index is -0.258. The molecule has 0 radical (unpaired) electrons. The molecule has 3 heteroatoms. The van der Waals surface area contributed by atoms with Gasteiger partial charge in [0, 0.05) is 12.2 Å². The summed E-state index contributed by atoms with van der Waals surface area (Å²) in [7, 11) is 0.